The Morgan fingerprint density at radius 1 is 1.50 bits per heavy atom. The van der Waals surface area contributed by atoms with Crippen LogP contribution in [0.3, 0.4) is 0 Å². The second kappa shape index (κ2) is 7.93. The second-order valence-corrected chi connectivity index (χ2v) is 6.12. The Balaban J connectivity index is 2.40. The van der Waals surface area contributed by atoms with Crippen LogP contribution < -0.4 is 15.8 Å². The van der Waals surface area contributed by atoms with Gasteiger partial charge in [0.1, 0.15) is 11.4 Å². The lowest BCUT2D eigenvalue weighted by Crippen LogP contribution is -2.35. The summed E-state index contributed by atoms with van der Waals surface area (Å²) in [6.07, 6.45) is 0.611. The Labute approximate surface area is 130 Å². The first kappa shape index (κ1) is 18.2. The zero-order valence-corrected chi connectivity index (χ0v) is 13.5. The van der Waals surface area contributed by atoms with Crippen LogP contribution in [0.5, 0.6) is 5.88 Å². The highest BCUT2D eigenvalue weighted by atomic mass is 19.1. The van der Waals surface area contributed by atoms with Crippen LogP contribution in [-0.2, 0) is 11.3 Å². The number of halogens is 1. The Hall–Kier alpha value is -1.89. The van der Waals surface area contributed by atoms with Crippen molar-refractivity contribution >= 4 is 6.09 Å². The van der Waals surface area contributed by atoms with Gasteiger partial charge < -0.3 is 20.5 Å². The minimum atomic E-state index is -0.530. The number of hydrogen-bond donors (Lipinski definition) is 2. The molecule has 0 aliphatic heterocycles. The summed E-state index contributed by atoms with van der Waals surface area (Å²) in [5, 5.41) is 2.67. The van der Waals surface area contributed by atoms with Gasteiger partial charge in [0.25, 0.3) is 0 Å². The zero-order valence-electron chi connectivity index (χ0n) is 13.5. The molecule has 0 radical (unpaired) electrons. The Bertz CT molecular complexity index is 503. The topological polar surface area (TPSA) is 86.5 Å². The fourth-order valence-electron chi connectivity index (χ4n) is 1.60. The van der Waals surface area contributed by atoms with Gasteiger partial charge >= 0.3 is 6.09 Å². The Morgan fingerprint density at radius 2 is 2.18 bits per heavy atom. The molecule has 3 N–H and O–H groups in total. The predicted molar refractivity (Wildman–Crippen MR) is 81.0 cm³/mol. The van der Waals surface area contributed by atoms with Gasteiger partial charge in [-0.3, -0.25) is 0 Å². The van der Waals surface area contributed by atoms with Gasteiger partial charge in [-0.1, -0.05) is 6.92 Å². The molecule has 0 spiro atoms. The van der Waals surface area contributed by atoms with Crippen LogP contribution in [0, 0.1) is 11.7 Å². The van der Waals surface area contributed by atoms with E-state index in [-0.39, 0.29) is 12.5 Å². The molecular formula is C15H24FN3O3. The van der Waals surface area contributed by atoms with Crippen molar-refractivity contribution in [2.45, 2.75) is 39.8 Å². The molecular weight excluding hydrogens is 289 g/mol. The van der Waals surface area contributed by atoms with Crippen molar-refractivity contribution in [1.29, 1.82) is 0 Å². The van der Waals surface area contributed by atoms with Gasteiger partial charge in [0.2, 0.25) is 5.88 Å². The lowest BCUT2D eigenvalue weighted by atomic mass is 10.2. The smallest absolute Gasteiger partial charge is 0.407 e. The van der Waals surface area contributed by atoms with Crippen molar-refractivity contribution in [2.24, 2.45) is 11.7 Å². The van der Waals surface area contributed by atoms with Crippen molar-refractivity contribution in [2.75, 3.05) is 13.2 Å². The third-order valence-electron chi connectivity index (χ3n) is 2.61. The summed E-state index contributed by atoms with van der Waals surface area (Å²) in [5.74, 6) is -0.106. The molecule has 124 valence electrons. The summed E-state index contributed by atoms with van der Waals surface area (Å²) >= 11 is 0. The molecule has 0 bridgehead atoms. The number of nitrogens with zero attached hydrogens (tertiary/aromatic N) is 1. The largest absolute Gasteiger partial charge is 0.477 e. The third-order valence-corrected chi connectivity index (χ3v) is 2.61. The maximum Gasteiger partial charge on any atom is 0.407 e. The monoisotopic (exact) mass is 313 g/mol. The zero-order chi connectivity index (χ0) is 16.8. The van der Waals surface area contributed by atoms with Crippen molar-refractivity contribution in [3.8, 4) is 5.88 Å². The van der Waals surface area contributed by atoms with E-state index in [0.29, 0.717) is 24.6 Å². The number of ether oxygens (including phenoxy) is 2. The van der Waals surface area contributed by atoms with Gasteiger partial charge in [0.15, 0.2) is 0 Å². The van der Waals surface area contributed by atoms with E-state index >= 15 is 0 Å². The molecule has 0 saturated heterocycles. The van der Waals surface area contributed by atoms with Gasteiger partial charge in [0.05, 0.1) is 12.8 Å². The van der Waals surface area contributed by atoms with Crippen molar-refractivity contribution < 1.29 is 18.7 Å². The quantitative estimate of drug-likeness (QED) is 0.841. The SMILES string of the molecule is CC(CNC(=O)OC(C)(C)C)COc1ncc(F)cc1CN. The molecule has 0 saturated carbocycles. The molecule has 0 aromatic carbocycles. The average molecular weight is 313 g/mol. The highest BCUT2D eigenvalue weighted by Gasteiger charge is 2.16. The first-order valence-electron chi connectivity index (χ1n) is 7.15. The predicted octanol–water partition coefficient (Wildman–Crippen LogP) is 2.22. The standard InChI is InChI=1S/C15H24FN3O3/c1-10(7-19-14(20)22-15(2,3)4)9-21-13-11(6-17)5-12(16)8-18-13/h5,8,10H,6-7,9,17H2,1-4H3,(H,19,20). The summed E-state index contributed by atoms with van der Waals surface area (Å²) < 4.78 is 23.7. The summed E-state index contributed by atoms with van der Waals surface area (Å²) in [5.41, 5.74) is 5.50. The molecule has 0 aliphatic carbocycles. The minimum absolute atomic E-state index is 0.0324. The average Bonchev–Trinajstić information content (AvgIpc) is 2.41. The van der Waals surface area contributed by atoms with Crippen LogP contribution in [0.4, 0.5) is 9.18 Å². The number of aromatic nitrogens is 1. The molecule has 1 aromatic rings. The van der Waals surface area contributed by atoms with Crippen LogP contribution in [0.15, 0.2) is 12.3 Å². The molecule has 1 atom stereocenters. The van der Waals surface area contributed by atoms with Crippen LogP contribution in [0.1, 0.15) is 33.3 Å². The number of carbonyl (C=O) groups is 1. The number of hydrogen-bond acceptors (Lipinski definition) is 5. The van der Waals surface area contributed by atoms with Crippen molar-refractivity contribution in [3.63, 3.8) is 0 Å². The first-order valence-corrected chi connectivity index (χ1v) is 7.15. The van der Waals surface area contributed by atoms with E-state index in [0.717, 1.165) is 6.20 Å². The molecule has 1 heterocycles. The number of pyridine rings is 1. The van der Waals surface area contributed by atoms with Crippen molar-refractivity contribution in [1.82, 2.24) is 10.3 Å². The van der Waals surface area contributed by atoms with Crippen molar-refractivity contribution in [3.05, 3.63) is 23.6 Å². The number of alkyl carbamates (subject to hydrolysis) is 1. The molecule has 6 nitrogen and oxygen atoms in total. The highest BCUT2D eigenvalue weighted by molar-refractivity contribution is 5.67. The number of amides is 1. The number of rotatable bonds is 6. The fourth-order valence-corrected chi connectivity index (χ4v) is 1.60. The maximum atomic E-state index is 13.0. The normalized spacial score (nSPS) is 12.6. The van der Waals surface area contributed by atoms with Gasteiger partial charge in [-0.25, -0.2) is 14.2 Å². The maximum absolute atomic E-state index is 13.0. The lowest BCUT2D eigenvalue weighted by Gasteiger charge is -2.21. The molecule has 0 aliphatic rings. The second-order valence-electron chi connectivity index (χ2n) is 6.12. The highest BCUT2D eigenvalue weighted by Crippen LogP contribution is 2.16. The van der Waals surface area contributed by atoms with E-state index in [1.165, 1.54) is 6.07 Å². The number of nitrogens with one attached hydrogen (secondary N) is 1. The van der Waals surface area contributed by atoms with Gasteiger partial charge in [0, 0.05) is 24.6 Å². The molecule has 1 rings (SSSR count). The molecule has 7 heteroatoms. The summed E-state index contributed by atoms with van der Waals surface area (Å²) in [7, 11) is 0. The first-order chi connectivity index (χ1) is 10.2. The van der Waals surface area contributed by atoms with Crippen LogP contribution in [0.25, 0.3) is 0 Å². The molecule has 22 heavy (non-hydrogen) atoms. The van der Waals surface area contributed by atoms with Gasteiger partial charge in [-0.2, -0.15) is 0 Å². The number of carbonyl (C=O) groups excluding carboxylic acids is 1. The Morgan fingerprint density at radius 3 is 2.77 bits per heavy atom. The van der Waals surface area contributed by atoms with E-state index < -0.39 is 17.5 Å². The van der Waals surface area contributed by atoms with Gasteiger partial charge in [-0.05, 0) is 26.8 Å². The van der Waals surface area contributed by atoms with Crippen LogP contribution >= 0.6 is 0 Å². The number of nitrogens with two attached hydrogens (primary N) is 1. The third kappa shape index (κ3) is 6.71. The molecule has 0 fully saturated rings. The van der Waals surface area contributed by atoms with E-state index in [4.69, 9.17) is 15.2 Å². The van der Waals surface area contributed by atoms with E-state index in [1.54, 1.807) is 20.8 Å². The summed E-state index contributed by atoms with van der Waals surface area (Å²) in [6, 6.07) is 1.30. The van der Waals surface area contributed by atoms with Gasteiger partial charge in [-0.15, -0.1) is 0 Å². The lowest BCUT2D eigenvalue weighted by molar-refractivity contribution is 0.0516. The summed E-state index contributed by atoms with van der Waals surface area (Å²) in [4.78, 5) is 15.4. The molecule has 1 aromatic heterocycles. The molecule has 1 unspecified atom stereocenters. The van der Waals surface area contributed by atoms with E-state index in [2.05, 4.69) is 10.3 Å². The van der Waals surface area contributed by atoms with Crippen LogP contribution in [-0.4, -0.2) is 29.8 Å². The van der Waals surface area contributed by atoms with Crippen LogP contribution in [0.2, 0.25) is 0 Å². The molecule has 1 amide bonds. The van der Waals surface area contributed by atoms with E-state index in [1.807, 2.05) is 6.92 Å². The van der Waals surface area contributed by atoms with E-state index in [9.17, 15) is 9.18 Å². The minimum Gasteiger partial charge on any atom is -0.477 e. The fraction of sp³-hybridized carbons (Fsp3) is 0.600. The Kier molecular flexibility index (Phi) is 6.55. The summed E-state index contributed by atoms with van der Waals surface area (Å²) in [6.45, 7) is 8.16.